The molecular formula is C15H32. The van der Waals surface area contributed by atoms with E-state index in [0.717, 1.165) is 5.92 Å². The standard InChI is InChI=1S/C15H32/c1-6-9-11-15(8-3,12-10-7-2)13-14(4)5/h14H,6-13H2,1-5H3. The van der Waals surface area contributed by atoms with Gasteiger partial charge < -0.3 is 0 Å². The van der Waals surface area contributed by atoms with Crippen LogP contribution < -0.4 is 0 Å². The van der Waals surface area contributed by atoms with E-state index in [1.807, 2.05) is 0 Å². The molecule has 0 heteroatoms. The van der Waals surface area contributed by atoms with Crippen LogP contribution in [-0.2, 0) is 0 Å². The zero-order valence-corrected chi connectivity index (χ0v) is 11.7. The van der Waals surface area contributed by atoms with Gasteiger partial charge in [0.2, 0.25) is 0 Å². The van der Waals surface area contributed by atoms with Crippen LogP contribution in [0.25, 0.3) is 0 Å². The van der Waals surface area contributed by atoms with Gasteiger partial charge in [-0.3, -0.25) is 0 Å². The van der Waals surface area contributed by atoms with Crippen molar-refractivity contribution >= 4 is 0 Å². The lowest BCUT2D eigenvalue weighted by Crippen LogP contribution is -2.22. The van der Waals surface area contributed by atoms with Crippen LogP contribution in [0.15, 0.2) is 0 Å². The molecule has 0 aliphatic rings. The van der Waals surface area contributed by atoms with Crippen LogP contribution in [0.2, 0.25) is 0 Å². The highest BCUT2D eigenvalue weighted by Gasteiger charge is 2.27. The van der Waals surface area contributed by atoms with Crippen LogP contribution in [0.1, 0.15) is 86.0 Å². The Labute approximate surface area is 97.8 Å². The molecule has 0 rings (SSSR count). The summed E-state index contributed by atoms with van der Waals surface area (Å²) >= 11 is 0. The quantitative estimate of drug-likeness (QED) is 0.452. The van der Waals surface area contributed by atoms with E-state index in [1.54, 1.807) is 0 Å². The molecule has 0 radical (unpaired) electrons. The smallest absolute Gasteiger partial charge is 0.0298 e. The first-order valence-electron chi connectivity index (χ1n) is 7.10. The molecule has 0 atom stereocenters. The van der Waals surface area contributed by atoms with Crippen molar-refractivity contribution in [2.75, 3.05) is 0 Å². The second-order valence-electron chi connectivity index (χ2n) is 5.66. The molecule has 0 spiro atoms. The molecule has 0 aromatic heterocycles. The van der Waals surface area contributed by atoms with Gasteiger partial charge in [0.1, 0.15) is 0 Å². The van der Waals surface area contributed by atoms with Crippen LogP contribution in [0, 0.1) is 11.3 Å². The molecule has 0 saturated carbocycles. The Morgan fingerprint density at radius 2 is 1.33 bits per heavy atom. The minimum absolute atomic E-state index is 0.667. The van der Waals surface area contributed by atoms with Gasteiger partial charge >= 0.3 is 0 Å². The highest BCUT2D eigenvalue weighted by Crippen LogP contribution is 2.40. The van der Waals surface area contributed by atoms with Gasteiger partial charge in [-0.15, -0.1) is 0 Å². The largest absolute Gasteiger partial charge is 0.0654 e. The summed E-state index contributed by atoms with van der Waals surface area (Å²) in [6.45, 7) is 11.8. The van der Waals surface area contributed by atoms with E-state index in [1.165, 1.54) is 51.4 Å². The fourth-order valence-corrected chi connectivity index (χ4v) is 2.80. The van der Waals surface area contributed by atoms with E-state index in [2.05, 4.69) is 34.6 Å². The van der Waals surface area contributed by atoms with Crippen molar-refractivity contribution in [3.63, 3.8) is 0 Å². The molecule has 0 amide bonds. The molecule has 0 heterocycles. The molecular weight excluding hydrogens is 180 g/mol. The summed E-state index contributed by atoms with van der Waals surface area (Å²) in [5.41, 5.74) is 0.667. The first kappa shape index (κ1) is 15.0. The lowest BCUT2D eigenvalue weighted by atomic mass is 9.71. The van der Waals surface area contributed by atoms with Gasteiger partial charge in [-0.2, -0.15) is 0 Å². The molecule has 0 aromatic carbocycles. The molecule has 0 unspecified atom stereocenters. The minimum Gasteiger partial charge on any atom is -0.0654 e. The highest BCUT2D eigenvalue weighted by molar-refractivity contribution is 4.79. The second kappa shape index (κ2) is 8.19. The van der Waals surface area contributed by atoms with E-state index in [0.29, 0.717) is 5.41 Å². The van der Waals surface area contributed by atoms with Crippen LogP contribution in [0.3, 0.4) is 0 Å². The Morgan fingerprint density at radius 1 is 0.867 bits per heavy atom. The summed E-state index contributed by atoms with van der Waals surface area (Å²) in [5, 5.41) is 0. The first-order chi connectivity index (χ1) is 7.10. The van der Waals surface area contributed by atoms with Crippen molar-refractivity contribution in [1.82, 2.24) is 0 Å². The molecule has 0 aliphatic carbocycles. The van der Waals surface area contributed by atoms with E-state index in [9.17, 15) is 0 Å². The van der Waals surface area contributed by atoms with Crippen LogP contribution in [-0.4, -0.2) is 0 Å². The molecule has 0 bridgehead atoms. The first-order valence-corrected chi connectivity index (χ1v) is 7.10. The van der Waals surface area contributed by atoms with Crippen molar-refractivity contribution in [3.8, 4) is 0 Å². The molecule has 15 heavy (non-hydrogen) atoms. The second-order valence-corrected chi connectivity index (χ2v) is 5.66. The summed E-state index contributed by atoms with van der Waals surface area (Å²) in [6, 6.07) is 0. The van der Waals surface area contributed by atoms with Gasteiger partial charge in [0, 0.05) is 0 Å². The Hall–Kier alpha value is 0. The molecule has 0 saturated heterocycles. The number of hydrogen-bond donors (Lipinski definition) is 0. The average Bonchev–Trinajstić information content (AvgIpc) is 2.22. The predicted octanol–water partition coefficient (Wildman–Crippen LogP) is 5.81. The summed E-state index contributed by atoms with van der Waals surface area (Å²) in [5.74, 6) is 0.860. The Balaban J connectivity index is 4.30. The number of unbranched alkanes of at least 4 members (excludes halogenated alkanes) is 2. The Kier molecular flexibility index (Phi) is 8.19. The highest BCUT2D eigenvalue weighted by atomic mass is 14.3. The van der Waals surface area contributed by atoms with Crippen molar-refractivity contribution in [2.24, 2.45) is 11.3 Å². The normalized spacial score (nSPS) is 12.4. The summed E-state index contributed by atoms with van der Waals surface area (Å²) in [7, 11) is 0. The zero-order valence-electron chi connectivity index (χ0n) is 11.7. The van der Waals surface area contributed by atoms with E-state index in [4.69, 9.17) is 0 Å². The lowest BCUT2D eigenvalue weighted by molar-refractivity contribution is 0.171. The maximum absolute atomic E-state index is 2.40. The van der Waals surface area contributed by atoms with E-state index in [-0.39, 0.29) is 0 Å². The molecule has 0 N–H and O–H groups in total. The monoisotopic (exact) mass is 212 g/mol. The maximum atomic E-state index is 2.40. The van der Waals surface area contributed by atoms with Crippen molar-refractivity contribution in [1.29, 1.82) is 0 Å². The van der Waals surface area contributed by atoms with Gasteiger partial charge in [-0.1, -0.05) is 66.7 Å². The van der Waals surface area contributed by atoms with Crippen molar-refractivity contribution < 1.29 is 0 Å². The Bertz CT molecular complexity index is 127. The predicted molar refractivity (Wildman–Crippen MR) is 71.2 cm³/mol. The fraction of sp³-hybridized carbons (Fsp3) is 1.00. The van der Waals surface area contributed by atoms with Crippen LogP contribution in [0.4, 0.5) is 0 Å². The Morgan fingerprint density at radius 3 is 1.60 bits per heavy atom. The summed E-state index contributed by atoms with van der Waals surface area (Å²) in [6.07, 6.45) is 11.3. The molecule has 0 aliphatic heterocycles. The summed E-state index contributed by atoms with van der Waals surface area (Å²) in [4.78, 5) is 0. The third-order valence-electron chi connectivity index (χ3n) is 3.71. The average molecular weight is 212 g/mol. The van der Waals surface area contributed by atoms with Gasteiger partial charge in [0.05, 0.1) is 0 Å². The zero-order chi connectivity index (χ0) is 11.7. The fourth-order valence-electron chi connectivity index (χ4n) is 2.80. The van der Waals surface area contributed by atoms with E-state index < -0.39 is 0 Å². The maximum Gasteiger partial charge on any atom is -0.0298 e. The van der Waals surface area contributed by atoms with Crippen molar-refractivity contribution in [2.45, 2.75) is 86.0 Å². The van der Waals surface area contributed by atoms with Gasteiger partial charge in [-0.25, -0.2) is 0 Å². The number of rotatable bonds is 9. The van der Waals surface area contributed by atoms with Gasteiger partial charge in [0.15, 0.2) is 0 Å². The molecule has 0 nitrogen and oxygen atoms in total. The van der Waals surface area contributed by atoms with Gasteiger partial charge in [-0.05, 0) is 30.6 Å². The number of hydrogen-bond acceptors (Lipinski definition) is 0. The van der Waals surface area contributed by atoms with E-state index >= 15 is 0 Å². The third-order valence-corrected chi connectivity index (χ3v) is 3.71. The van der Waals surface area contributed by atoms with Gasteiger partial charge in [0.25, 0.3) is 0 Å². The molecule has 92 valence electrons. The van der Waals surface area contributed by atoms with Crippen LogP contribution >= 0.6 is 0 Å². The molecule has 0 fully saturated rings. The molecule has 0 aromatic rings. The third kappa shape index (κ3) is 6.22. The minimum atomic E-state index is 0.667. The van der Waals surface area contributed by atoms with Crippen LogP contribution in [0.5, 0.6) is 0 Å². The summed E-state index contributed by atoms with van der Waals surface area (Å²) < 4.78 is 0. The lowest BCUT2D eigenvalue weighted by Gasteiger charge is -2.35. The SMILES string of the molecule is CCCCC(CC)(CCCC)CC(C)C. The topological polar surface area (TPSA) is 0 Å². The van der Waals surface area contributed by atoms with Crippen molar-refractivity contribution in [3.05, 3.63) is 0 Å².